The second-order valence-corrected chi connectivity index (χ2v) is 7.14. The molecule has 1 aromatic heterocycles. The highest BCUT2D eigenvalue weighted by Crippen LogP contribution is 2.22. The van der Waals surface area contributed by atoms with Crippen LogP contribution in [0.5, 0.6) is 5.88 Å². The number of piperidine rings is 1. The van der Waals surface area contributed by atoms with Crippen molar-refractivity contribution in [2.45, 2.75) is 45.1 Å². The van der Waals surface area contributed by atoms with Crippen molar-refractivity contribution in [2.75, 3.05) is 19.6 Å². The molecule has 1 aromatic carbocycles. The summed E-state index contributed by atoms with van der Waals surface area (Å²) in [6.45, 7) is 4.14. The van der Waals surface area contributed by atoms with Crippen LogP contribution < -0.4 is 5.69 Å². The van der Waals surface area contributed by atoms with Crippen molar-refractivity contribution in [2.24, 2.45) is 5.92 Å². The Morgan fingerprint density at radius 1 is 1.04 bits per heavy atom. The van der Waals surface area contributed by atoms with Crippen LogP contribution in [-0.4, -0.2) is 39.2 Å². The quantitative estimate of drug-likeness (QED) is 0.724. The van der Waals surface area contributed by atoms with Crippen molar-refractivity contribution in [1.82, 2.24) is 14.5 Å². The molecule has 1 saturated heterocycles. The summed E-state index contributed by atoms with van der Waals surface area (Å²) in [5.41, 5.74) is 1.24. The Kier molecular flexibility index (Phi) is 6.34. The number of H-pyrrole nitrogens is 1. The molecule has 0 atom stereocenters. The van der Waals surface area contributed by atoms with E-state index in [4.69, 9.17) is 0 Å². The molecule has 0 unspecified atom stereocenters. The monoisotopic (exact) mass is 343 g/mol. The summed E-state index contributed by atoms with van der Waals surface area (Å²) < 4.78 is 1.40. The molecule has 1 fully saturated rings. The zero-order chi connectivity index (χ0) is 17.5. The van der Waals surface area contributed by atoms with Gasteiger partial charge in [-0.3, -0.25) is 4.57 Å². The van der Waals surface area contributed by atoms with E-state index in [1.54, 1.807) is 0 Å². The summed E-state index contributed by atoms with van der Waals surface area (Å²) in [7, 11) is 0. The maximum Gasteiger partial charge on any atom is 0.328 e. The van der Waals surface area contributed by atoms with E-state index in [1.807, 2.05) is 0 Å². The van der Waals surface area contributed by atoms with Crippen LogP contribution in [0.3, 0.4) is 0 Å². The van der Waals surface area contributed by atoms with E-state index < -0.39 is 0 Å². The van der Waals surface area contributed by atoms with Crippen LogP contribution in [0.15, 0.2) is 41.3 Å². The Labute approximate surface area is 149 Å². The standard InChI is InChI=1S/C20H29N3O2/c24-19-16-21-20(25)23(19)12-6-2-5-11-22-13-9-18(10-14-22)15-17-7-3-1-4-8-17/h1,3-4,7-8,16,18,24H,2,5-6,9-15H2,(H,21,25). The van der Waals surface area contributed by atoms with Gasteiger partial charge in [-0.15, -0.1) is 0 Å². The molecule has 0 spiro atoms. The highest BCUT2D eigenvalue weighted by Gasteiger charge is 2.18. The van der Waals surface area contributed by atoms with E-state index in [0.29, 0.717) is 6.54 Å². The summed E-state index contributed by atoms with van der Waals surface area (Å²) in [6.07, 6.45) is 8.31. The van der Waals surface area contributed by atoms with E-state index in [2.05, 4.69) is 40.2 Å². The number of unbranched alkanes of at least 4 members (excludes halogenated alkanes) is 2. The largest absolute Gasteiger partial charge is 0.493 e. The molecule has 0 aliphatic carbocycles. The second kappa shape index (κ2) is 8.90. The molecule has 0 saturated carbocycles. The van der Waals surface area contributed by atoms with Crippen LogP contribution in [0.4, 0.5) is 0 Å². The van der Waals surface area contributed by atoms with Crippen LogP contribution in [0.2, 0.25) is 0 Å². The summed E-state index contributed by atoms with van der Waals surface area (Å²) in [6, 6.07) is 10.8. The van der Waals surface area contributed by atoms with Gasteiger partial charge in [0.1, 0.15) is 0 Å². The Morgan fingerprint density at radius 2 is 1.76 bits per heavy atom. The van der Waals surface area contributed by atoms with Crippen molar-refractivity contribution in [3.05, 3.63) is 52.6 Å². The number of aromatic amines is 1. The minimum absolute atomic E-state index is 0.0329. The van der Waals surface area contributed by atoms with Gasteiger partial charge >= 0.3 is 5.69 Å². The van der Waals surface area contributed by atoms with Gasteiger partial charge in [-0.25, -0.2) is 4.79 Å². The molecular weight excluding hydrogens is 314 g/mol. The number of benzene rings is 1. The van der Waals surface area contributed by atoms with Crippen molar-refractivity contribution < 1.29 is 5.11 Å². The molecule has 2 N–H and O–H groups in total. The van der Waals surface area contributed by atoms with Gasteiger partial charge in [0.2, 0.25) is 5.88 Å². The predicted octanol–water partition coefficient (Wildman–Crippen LogP) is 3.01. The number of aromatic hydroxyl groups is 1. The molecule has 5 nitrogen and oxygen atoms in total. The minimum atomic E-state index is -0.224. The number of nitrogens with one attached hydrogen (secondary N) is 1. The van der Waals surface area contributed by atoms with Gasteiger partial charge in [-0.2, -0.15) is 0 Å². The number of hydrogen-bond donors (Lipinski definition) is 2. The van der Waals surface area contributed by atoms with Gasteiger partial charge in [0.25, 0.3) is 0 Å². The SMILES string of the molecule is O=c1[nH]cc(O)n1CCCCCN1CCC(Cc2ccccc2)CC1. The highest BCUT2D eigenvalue weighted by atomic mass is 16.3. The summed E-state index contributed by atoms with van der Waals surface area (Å²) in [5.74, 6) is 0.854. The smallest absolute Gasteiger partial charge is 0.328 e. The zero-order valence-electron chi connectivity index (χ0n) is 14.9. The fourth-order valence-corrected chi connectivity index (χ4v) is 3.75. The average Bonchev–Trinajstić information content (AvgIpc) is 2.95. The molecule has 0 amide bonds. The first-order chi connectivity index (χ1) is 12.2. The van der Waals surface area contributed by atoms with E-state index in [0.717, 1.165) is 31.7 Å². The van der Waals surface area contributed by atoms with Gasteiger partial charge in [0.05, 0.1) is 6.20 Å². The summed E-state index contributed by atoms with van der Waals surface area (Å²) in [5, 5.41) is 9.55. The molecule has 5 heteroatoms. The summed E-state index contributed by atoms with van der Waals surface area (Å²) in [4.78, 5) is 16.5. The first kappa shape index (κ1) is 17.8. The number of imidazole rings is 1. The molecule has 136 valence electrons. The molecule has 2 aromatic rings. The van der Waals surface area contributed by atoms with Crippen LogP contribution >= 0.6 is 0 Å². The van der Waals surface area contributed by atoms with Crippen LogP contribution in [-0.2, 0) is 13.0 Å². The fraction of sp³-hybridized carbons (Fsp3) is 0.550. The van der Waals surface area contributed by atoms with E-state index >= 15 is 0 Å². The van der Waals surface area contributed by atoms with Crippen molar-refractivity contribution in [3.8, 4) is 5.88 Å². The first-order valence-corrected chi connectivity index (χ1v) is 9.46. The lowest BCUT2D eigenvalue weighted by Gasteiger charge is -2.32. The molecule has 3 rings (SSSR count). The second-order valence-electron chi connectivity index (χ2n) is 7.14. The van der Waals surface area contributed by atoms with Crippen molar-refractivity contribution >= 4 is 0 Å². The number of hydrogen-bond acceptors (Lipinski definition) is 3. The van der Waals surface area contributed by atoms with E-state index in [9.17, 15) is 9.90 Å². The van der Waals surface area contributed by atoms with Gasteiger partial charge in [-0.1, -0.05) is 36.8 Å². The minimum Gasteiger partial charge on any atom is -0.493 e. The lowest BCUT2D eigenvalue weighted by molar-refractivity contribution is 0.180. The third-order valence-corrected chi connectivity index (χ3v) is 5.28. The molecule has 25 heavy (non-hydrogen) atoms. The maximum atomic E-state index is 11.5. The lowest BCUT2D eigenvalue weighted by atomic mass is 9.90. The topological polar surface area (TPSA) is 61.3 Å². The average molecular weight is 343 g/mol. The van der Waals surface area contributed by atoms with E-state index in [-0.39, 0.29) is 11.6 Å². The Bertz CT molecular complexity index is 684. The third kappa shape index (κ3) is 5.23. The number of nitrogens with zero attached hydrogens (tertiary/aromatic N) is 2. The van der Waals surface area contributed by atoms with Gasteiger partial charge in [-0.05, 0) is 63.2 Å². The Morgan fingerprint density at radius 3 is 2.44 bits per heavy atom. The number of likely N-dealkylation sites (tertiary alicyclic amines) is 1. The molecule has 1 aliphatic rings. The highest BCUT2D eigenvalue weighted by molar-refractivity contribution is 5.15. The Hall–Kier alpha value is -2.01. The number of aromatic nitrogens is 2. The van der Waals surface area contributed by atoms with Crippen LogP contribution in [0.25, 0.3) is 0 Å². The number of rotatable bonds is 8. The van der Waals surface area contributed by atoms with Gasteiger partial charge in [0.15, 0.2) is 0 Å². The van der Waals surface area contributed by atoms with Crippen LogP contribution in [0.1, 0.15) is 37.7 Å². The third-order valence-electron chi connectivity index (χ3n) is 5.28. The first-order valence-electron chi connectivity index (χ1n) is 9.46. The zero-order valence-corrected chi connectivity index (χ0v) is 14.9. The molecular formula is C20H29N3O2. The summed E-state index contributed by atoms with van der Waals surface area (Å²) >= 11 is 0. The van der Waals surface area contributed by atoms with E-state index in [1.165, 1.54) is 48.7 Å². The Balaban J connectivity index is 1.29. The molecule has 2 heterocycles. The van der Waals surface area contributed by atoms with Crippen molar-refractivity contribution in [3.63, 3.8) is 0 Å². The normalized spacial score (nSPS) is 16.3. The van der Waals surface area contributed by atoms with Crippen molar-refractivity contribution in [1.29, 1.82) is 0 Å². The van der Waals surface area contributed by atoms with Gasteiger partial charge < -0.3 is 15.0 Å². The van der Waals surface area contributed by atoms with Gasteiger partial charge in [0, 0.05) is 6.54 Å². The molecule has 1 aliphatic heterocycles. The molecule has 0 radical (unpaired) electrons. The molecule has 0 bridgehead atoms. The fourth-order valence-electron chi connectivity index (χ4n) is 3.75. The van der Waals surface area contributed by atoms with Crippen LogP contribution in [0, 0.1) is 5.92 Å². The maximum absolute atomic E-state index is 11.5. The predicted molar refractivity (Wildman–Crippen MR) is 99.9 cm³/mol. The lowest BCUT2D eigenvalue weighted by Crippen LogP contribution is -2.35.